The third-order valence-corrected chi connectivity index (χ3v) is 8.98. The zero-order valence-corrected chi connectivity index (χ0v) is 20.2. The summed E-state index contributed by atoms with van der Waals surface area (Å²) < 4.78 is 0. The summed E-state index contributed by atoms with van der Waals surface area (Å²) in [5, 5.41) is 20.3. The molecule has 0 aromatic rings. The Labute approximate surface area is 189 Å². The second-order valence-electron chi connectivity index (χ2n) is 11.8. The zero-order valence-electron chi connectivity index (χ0n) is 20.2. The third kappa shape index (κ3) is 5.13. The number of rotatable bonds is 6. The van der Waals surface area contributed by atoms with Gasteiger partial charge in [-0.05, 0) is 112 Å². The molecule has 0 spiro atoms. The molecule has 2 saturated carbocycles. The van der Waals surface area contributed by atoms with Crippen LogP contribution in [0.2, 0.25) is 0 Å². The van der Waals surface area contributed by atoms with Crippen LogP contribution in [-0.2, 0) is 9.78 Å². The van der Waals surface area contributed by atoms with Gasteiger partial charge in [-0.3, -0.25) is 0 Å². The molecule has 1 aliphatic heterocycles. The van der Waals surface area contributed by atoms with E-state index in [9.17, 15) is 10.2 Å². The van der Waals surface area contributed by atoms with Crippen molar-refractivity contribution in [2.45, 2.75) is 116 Å². The molecule has 0 amide bonds. The van der Waals surface area contributed by atoms with Gasteiger partial charge in [0, 0.05) is 0 Å². The van der Waals surface area contributed by atoms with Crippen molar-refractivity contribution >= 4 is 0 Å². The summed E-state index contributed by atoms with van der Waals surface area (Å²) in [6, 6.07) is 0. The van der Waals surface area contributed by atoms with E-state index in [0.29, 0.717) is 23.9 Å². The van der Waals surface area contributed by atoms with Crippen LogP contribution in [0.4, 0.5) is 0 Å². The quantitative estimate of drug-likeness (QED) is 0.406. The van der Waals surface area contributed by atoms with Gasteiger partial charge in [0.15, 0.2) is 0 Å². The van der Waals surface area contributed by atoms with Crippen molar-refractivity contribution in [3.63, 3.8) is 0 Å². The number of hydrogen-bond donors (Lipinski definition) is 2. The zero-order chi connectivity index (χ0) is 22.2. The van der Waals surface area contributed by atoms with E-state index in [0.717, 1.165) is 38.0 Å². The SMILES string of the molecule is C[C@H](CCCC(C)(C)O)[C@H]1CC[C@H]2/C(=C/[C@H]3OOCC4=C3C[C@@H](O)CC4)CCC[C@]12C. The third-order valence-electron chi connectivity index (χ3n) is 8.98. The molecule has 0 unspecified atom stereocenters. The minimum absolute atomic E-state index is 0.112. The number of aliphatic hydroxyl groups is 2. The molecule has 4 aliphatic rings. The van der Waals surface area contributed by atoms with Crippen LogP contribution in [0.5, 0.6) is 0 Å². The van der Waals surface area contributed by atoms with Crippen LogP contribution in [0.1, 0.15) is 98.3 Å². The van der Waals surface area contributed by atoms with Gasteiger partial charge < -0.3 is 10.2 Å². The van der Waals surface area contributed by atoms with Gasteiger partial charge in [-0.25, -0.2) is 9.78 Å². The lowest BCUT2D eigenvalue weighted by atomic mass is 9.60. The second-order valence-corrected chi connectivity index (χ2v) is 11.8. The molecule has 0 aromatic carbocycles. The van der Waals surface area contributed by atoms with Gasteiger partial charge in [0.1, 0.15) is 12.7 Å². The van der Waals surface area contributed by atoms with Crippen molar-refractivity contribution in [1.29, 1.82) is 0 Å². The molecule has 4 nitrogen and oxygen atoms in total. The topological polar surface area (TPSA) is 58.9 Å². The molecule has 4 heteroatoms. The fourth-order valence-electron chi connectivity index (χ4n) is 7.32. The highest BCUT2D eigenvalue weighted by atomic mass is 17.2. The van der Waals surface area contributed by atoms with Crippen LogP contribution in [0, 0.1) is 23.2 Å². The van der Waals surface area contributed by atoms with Crippen molar-refractivity contribution in [1.82, 2.24) is 0 Å². The molecule has 2 fully saturated rings. The van der Waals surface area contributed by atoms with E-state index in [-0.39, 0.29) is 12.2 Å². The molecule has 4 rings (SSSR count). The lowest BCUT2D eigenvalue weighted by Gasteiger charge is -2.45. The Kier molecular flexibility index (Phi) is 7.03. The van der Waals surface area contributed by atoms with E-state index >= 15 is 0 Å². The van der Waals surface area contributed by atoms with Gasteiger partial charge in [0.05, 0.1) is 11.7 Å². The van der Waals surface area contributed by atoms with Gasteiger partial charge in [0.2, 0.25) is 0 Å². The summed E-state index contributed by atoms with van der Waals surface area (Å²) in [5.74, 6) is 2.11. The fourth-order valence-corrected chi connectivity index (χ4v) is 7.32. The average Bonchev–Trinajstić information content (AvgIpc) is 3.05. The number of allylic oxidation sites excluding steroid dienone is 1. The first kappa shape index (κ1) is 23.5. The highest BCUT2D eigenvalue weighted by molar-refractivity contribution is 5.31. The molecule has 0 bridgehead atoms. The summed E-state index contributed by atoms with van der Waals surface area (Å²) in [5.41, 5.74) is 4.02. The van der Waals surface area contributed by atoms with E-state index < -0.39 is 5.60 Å². The van der Waals surface area contributed by atoms with Gasteiger partial charge in [-0.15, -0.1) is 0 Å². The summed E-state index contributed by atoms with van der Waals surface area (Å²) in [6.07, 6.45) is 14.1. The molecule has 0 saturated heterocycles. The normalized spacial score (nSPS) is 38.8. The summed E-state index contributed by atoms with van der Waals surface area (Å²) in [6.45, 7) is 9.40. The minimum Gasteiger partial charge on any atom is -0.393 e. The Morgan fingerprint density at radius 2 is 2.03 bits per heavy atom. The van der Waals surface area contributed by atoms with E-state index in [1.54, 1.807) is 5.57 Å². The molecule has 1 heterocycles. The second kappa shape index (κ2) is 9.29. The Morgan fingerprint density at radius 1 is 1.23 bits per heavy atom. The van der Waals surface area contributed by atoms with Crippen molar-refractivity contribution in [2.24, 2.45) is 23.2 Å². The van der Waals surface area contributed by atoms with Crippen LogP contribution in [0.25, 0.3) is 0 Å². The van der Waals surface area contributed by atoms with Crippen LogP contribution in [0.3, 0.4) is 0 Å². The lowest BCUT2D eigenvalue weighted by Crippen LogP contribution is -2.37. The van der Waals surface area contributed by atoms with Crippen molar-refractivity contribution in [3.8, 4) is 0 Å². The molecular weight excluding hydrogens is 388 g/mol. The van der Waals surface area contributed by atoms with Crippen LogP contribution < -0.4 is 0 Å². The predicted molar refractivity (Wildman–Crippen MR) is 123 cm³/mol. The first-order chi connectivity index (χ1) is 14.7. The van der Waals surface area contributed by atoms with E-state index in [1.807, 2.05) is 13.8 Å². The highest BCUT2D eigenvalue weighted by Gasteiger charge is 2.50. The van der Waals surface area contributed by atoms with Crippen LogP contribution >= 0.6 is 0 Å². The fraction of sp³-hybridized carbons (Fsp3) is 0.852. The Balaban J connectivity index is 1.47. The van der Waals surface area contributed by atoms with Crippen molar-refractivity contribution in [3.05, 3.63) is 22.8 Å². The van der Waals surface area contributed by atoms with Crippen LogP contribution in [0.15, 0.2) is 22.8 Å². The Bertz CT molecular complexity index is 703. The Morgan fingerprint density at radius 3 is 2.81 bits per heavy atom. The van der Waals surface area contributed by atoms with E-state index in [2.05, 4.69) is 19.9 Å². The minimum atomic E-state index is -0.551. The molecule has 3 aliphatic carbocycles. The number of fused-ring (bicyclic) bond motifs is 1. The molecule has 31 heavy (non-hydrogen) atoms. The molecule has 0 radical (unpaired) electrons. The molecule has 176 valence electrons. The number of aliphatic hydroxyl groups excluding tert-OH is 1. The summed E-state index contributed by atoms with van der Waals surface area (Å²) in [7, 11) is 0. The molecule has 2 N–H and O–H groups in total. The molecular formula is C27H44O4. The summed E-state index contributed by atoms with van der Waals surface area (Å²) >= 11 is 0. The highest BCUT2D eigenvalue weighted by Crippen LogP contribution is 2.60. The average molecular weight is 433 g/mol. The van der Waals surface area contributed by atoms with Crippen molar-refractivity contribution in [2.75, 3.05) is 6.61 Å². The van der Waals surface area contributed by atoms with Crippen molar-refractivity contribution < 1.29 is 20.0 Å². The number of hydrogen-bond acceptors (Lipinski definition) is 4. The molecule has 0 aromatic heterocycles. The largest absolute Gasteiger partial charge is 0.393 e. The standard InChI is InChI=1S/C27H44O4/c1-18(7-5-13-26(2,3)29)23-11-12-24-19(8-6-14-27(23,24)4)15-25-22-16-21(28)10-9-20(22)17-30-31-25/h15,18,21,23-25,28-29H,5-14,16-17H2,1-4H3/b19-15+/t18-,21+,23-,24+,25-,27-/m1/s1. The maximum atomic E-state index is 10.2. The first-order valence-electron chi connectivity index (χ1n) is 12.8. The van der Waals surface area contributed by atoms with Gasteiger partial charge in [-0.1, -0.05) is 32.3 Å². The monoisotopic (exact) mass is 432 g/mol. The maximum Gasteiger partial charge on any atom is 0.133 e. The predicted octanol–water partition coefficient (Wildman–Crippen LogP) is 5.88. The van der Waals surface area contributed by atoms with Gasteiger partial charge in [-0.2, -0.15) is 0 Å². The van der Waals surface area contributed by atoms with Gasteiger partial charge in [0.25, 0.3) is 0 Å². The smallest absolute Gasteiger partial charge is 0.133 e. The molecule has 6 atom stereocenters. The van der Waals surface area contributed by atoms with E-state index in [1.165, 1.54) is 49.7 Å². The Hall–Kier alpha value is -0.680. The van der Waals surface area contributed by atoms with Gasteiger partial charge >= 0.3 is 0 Å². The van der Waals surface area contributed by atoms with Crippen LogP contribution in [-0.4, -0.2) is 34.6 Å². The maximum absolute atomic E-state index is 10.2. The lowest BCUT2D eigenvalue weighted by molar-refractivity contribution is -0.310. The first-order valence-corrected chi connectivity index (χ1v) is 12.8. The van der Waals surface area contributed by atoms with E-state index in [4.69, 9.17) is 9.78 Å². The summed E-state index contributed by atoms with van der Waals surface area (Å²) in [4.78, 5) is 11.3.